The van der Waals surface area contributed by atoms with Crippen LogP contribution in [0.5, 0.6) is 28.7 Å². The first-order valence-electron chi connectivity index (χ1n) is 12.3. The minimum Gasteiger partial charge on any atom is -0.497 e. The summed E-state index contributed by atoms with van der Waals surface area (Å²) in [6.45, 7) is 3.23. The fourth-order valence-corrected chi connectivity index (χ4v) is 4.95. The molecule has 3 aromatic carbocycles. The van der Waals surface area contributed by atoms with E-state index in [9.17, 15) is 18.0 Å². The third kappa shape index (κ3) is 4.58. The van der Waals surface area contributed by atoms with Crippen LogP contribution >= 0.6 is 0 Å². The minimum absolute atomic E-state index is 0.0708. The van der Waals surface area contributed by atoms with Crippen LogP contribution in [-0.2, 0) is 6.18 Å². The van der Waals surface area contributed by atoms with Gasteiger partial charge in [0.15, 0.2) is 17.2 Å². The van der Waals surface area contributed by atoms with E-state index in [4.69, 9.17) is 18.9 Å². The van der Waals surface area contributed by atoms with Crippen molar-refractivity contribution in [2.24, 2.45) is 4.99 Å². The van der Waals surface area contributed by atoms with Crippen LogP contribution in [0.4, 0.5) is 18.9 Å². The number of hydrogen-bond acceptors (Lipinski definition) is 7. The zero-order valence-electron chi connectivity index (χ0n) is 21.1. The van der Waals surface area contributed by atoms with E-state index in [2.05, 4.69) is 4.99 Å². The highest BCUT2D eigenvalue weighted by Gasteiger charge is 2.35. The molecule has 0 aliphatic carbocycles. The Labute approximate surface area is 222 Å². The van der Waals surface area contributed by atoms with E-state index in [1.54, 1.807) is 41.3 Å². The van der Waals surface area contributed by atoms with Crippen LogP contribution in [0.3, 0.4) is 0 Å². The van der Waals surface area contributed by atoms with E-state index >= 15 is 0 Å². The average molecular weight is 540 g/mol. The maximum atomic E-state index is 13.5. The zero-order chi connectivity index (χ0) is 27.3. The van der Waals surface area contributed by atoms with Gasteiger partial charge in [-0.3, -0.25) is 4.79 Å². The summed E-state index contributed by atoms with van der Waals surface area (Å²) in [7, 11) is 1.53. The second-order valence-corrected chi connectivity index (χ2v) is 9.44. The standard InChI is InChI=1S/C28H24F3N3O5/c1-16-14-33(9-10-34(16)27(35)17-3-6-24-25(11-17)38-15-37-24)26-20-13-19(36-2)5-8-22(20)39-23-7-4-18(28(29,30)31)12-21(23)32-26/h3-8,11-13,16H,9-10,14-15H2,1-2H3/t16-/m0/s1. The monoisotopic (exact) mass is 539 g/mol. The molecule has 8 nitrogen and oxygen atoms in total. The highest BCUT2D eigenvalue weighted by molar-refractivity contribution is 6.04. The molecule has 3 aliphatic heterocycles. The number of methoxy groups -OCH3 is 1. The van der Waals surface area contributed by atoms with Crippen molar-refractivity contribution in [1.29, 1.82) is 0 Å². The number of piperazine rings is 1. The first-order valence-corrected chi connectivity index (χ1v) is 12.3. The van der Waals surface area contributed by atoms with Crippen molar-refractivity contribution in [3.05, 3.63) is 71.3 Å². The van der Waals surface area contributed by atoms with E-state index in [-0.39, 0.29) is 30.2 Å². The topological polar surface area (TPSA) is 72.8 Å². The summed E-state index contributed by atoms with van der Waals surface area (Å²) in [5.74, 6) is 2.65. The number of benzene rings is 3. The normalized spacial score (nSPS) is 18.0. The molecule has 1 atom stereocenters. The molecule has 3 aliphatic rings. The molecule has 0 bridgehead atoms. The van der Waals surface area contributed by atoms with Gasteiger partial charge in [-0.2, -0.15) is 13.2 Å². The molecule has 6 rings (SSSR count). The van der Waals surface area contributed by atoms with Gasteiger partial charge in [-0.1, -0.05) is 0 Å². The fourth-order valence-electron chi connectivity index (χ4n) is 4.95. The van der Waals surface area contributed by atoms with Crippen LogP contribution in [0, 0.1) is 0 Å². The number of carbonyl (C=O) groups is 1. The van der Waals surface area contributed by atoms with Crippen molar-refractivity contribution in [2.75, 3.05) is 33.5 Å². The highest BCUT2D eigenvalue weighted by atomic mass is 19.4. The molecule has 1 saturated heterocycles. The molecular weight excluding hydrogens is 515 g/mol. The molecule has 11 heteroatoms. The predicted molar refractivity (Wildman–Crippen MR) is 135 cm³/mol. The molecule has 0 spiro atoms. The smallest absolute Gasteiger partial charge is 0.416 e. The summed E-state index contributed by atoms with van der Waals surface area (Å²) in [5, 5.41) is 0. The van der Waals surface area contributed by atoms with E-state index in [1.807, 2.05) is 11.8 Å². The van der Waals surface area contributed by atoms with Gasteiger partial charge in [0.1, 0.15) is 23.0 Å². The molecule has 1 amide bonds. The number of carbonyl (C=O) groups excluding carboxylic acids is 1. The zero-order valence-corrected chi connectivity index (χ0v) is 21.1. The lowest BCUT2D eigenvalue weighted by atomic mass is 10.1. The van der Waals surface area contributed by atoms with Gasteiger partial charge in [-0.15, -0.1) is 0 Å². The van der Waals surface area contributed by atoms with Crippen LogP contribution in [0.1, 0.15) is 28.4 Å². The molecule has 0 unspecified atom stereocenters. The minimum atomic E-state index is -4.53. The molecule has 0 N–H and O–H groups in total. The van der Waals surface area contributed by atoms with Crippen molar-refractivity contribution in [3.8, 4) is 28.7 Å². The van der Waals surface area contributed by atoms with Crippen LogP contribution in [0.15, 0.2) is 59.6 Å². The van der Waals surface area contributed by atoms with Gasteiger partial charge in [-0.25, -0.2) is 4.99 Å². The number of amides is 1. The van der Waals surface area contributed by atoms with E-state index in [0.29, 0.717) is 59.6 Å². The predicted octanol–water partition coefficient (Wildman–Crippen LogP) is 5.47. The maximum absolute atomic E-state index is 13.5. The number of nitrogens with zero attached hydrogens (tertiary/aromatic N) is 3. The Balaban J connectivity index is 1.33. The molecule has 0 saturated carbocycles. The van der Waals surface area contributed by atoms with Crippen LogP contribution in [0.2, 0.25) is 0 Å². The first kappa shape index (κ1) is 24.9. The number of ether oxygens (including phenoxy) is 4. The lowest BCUT2D eigenvalue weighted by molar-refractivity contribution is -0.137. The number of aliphatic imine (C=N–C) groups is 1. The first-order chi connectivity index (χ1) is 18.7. The molecule has 3 aromatic rings. The van der Waals surface area contributed by atoms with Crippen molar-refractivity contribution in [3.63, 3.8) is 0 Å². The Morgan fingerprint density at radius 1 is 0.974 bits per heavy atom. The summed E-state index contributed by atoms with van der Waals surface area (Å²) < 4.78 is 62.6. The summed E-state index contributed by atoms with van der Waals surface area (Å²) in [4.78, 5) is 21.8. The van der Waals surface area contributed by atoms with Crippen LogP contribution < -0.4 is 18.9 Å². The Morgan fingerprint density at radius 3 is 2.51 bits per heavy atom. The lowest BCUT2D eigenvalue weighted by Gasteiger charge is -2.41. The lowest BCUT2D eigenvalue weighted by Crippen LogP contribution is -2.55. The Morgan fingerprint density at radius 2 is 1.74 bits per heavy atom. The van der Waals surface area contributed by atoms with Gasteiger partial charge in [0.25, 0.3) is 5.91 Å². The van der Waals surface area contributed by atoms with Gasteiger partial charge >= 0.3 is 6.18 Å². The number of alkyl halides is 3. The fraction of sp³-hybridized carbons (Fsp3) is 0.286. The molecule has 39 heavy (non-hydrogen) atoms. The molecule has 202 valence electrons. The van der Waals surface area contributed by atoms with Gasteiger partial charge in [0.05, 0.1) is 18.2 Å². The quantitative estimate of drug-likeness (QED) is 0.430. The van der Waals surface area contributed by atoms with Crippen LogP contribution in [-0.4, -0.2) is 61.1 Å². The second kappa shape index (κ2) is 9.40. The van der Waals surface area contributed by atoms with Crippen molar-refractivity contribution in [1.82, 2.24) is 9.80 Å². The summed E-state index contributed by atoms with van der Waals surface area (Å²) in [6.07, 6.45) is -4.53. The van der Waals surface area contributed by atoms with Crippen molar-refractivity contribution >= 4 is 17.4 Å². The van der Waals surface area contributed by atoms with Gasteiger partial charge in [-0.05, 0) is 61.5 Å². The van der Waals surface area contributed by atoms with Crippen molar-refractivity contribution < 1.29 is 36.9 Å². The molecule has 3 heterocycles. The molecule has 0 radical (unpaired) electrons. The van der Waals surface area contributed by atoms with E-state index in [1.165, 1.54) is 13.2 Å². The van der Waals surface area contributed by atoms with Gasteiger partial charge in [0, 0.05) is 31.2 Å². The number of fused-ring (bicyclic) bond motifs is 3. The summed E-state index contributed by atoms with van der Waals surface area (Å²) >= 11 is 0. The second-order valence-electron chi connectivity index (χ2n) is 9.44. The number of halogens is 3. The van der Waals surface area contributed by atoms with Crippen molar-refractivity contribution in [2.45, 2.75) is 19.1 Å². The van der Waals surface area contributed by atoms with Gasteiger partial charge < -0.3 is 28.7 Å². The summed E-state index contributed by atoms with van der Waals surface area (Å²) in [6, 6.07) is 13.3. The maximum Gasteiger partial charge on any atom is 0.416 e. The SMILES string of the molecule is COc1ccc2c(c1)C(N1CCN(C(=O)c3ccc4c(c3)OCO4)[C@@H](C)C1)=Nc1cc(C(F)(F)F)ccc1O2. The molecule has 0 aromatic heterocycles. The summed E-state index contributed by atoms with van der Waals surface area (Å²) in [5.41, 5.74) is 0.329. The third-order valence-corrected chi connectivity index (χ3v) is 6.97. The van der Waals surface area contributed by atoms with Gasteiger partial charge in [0.2, 0.25) is 6.79 Å². The Hall–Kier alpha value is -4.41. The Kier molecular flexibility index (Phi) is 6.00. The largest absolute Gasteiger partial charge is 0.497 e. The van der Waals surface area contributed by atoms with Crippen LogP contribution in [0.25, 0.3) is 0 Å². The molecular formula is C28H24F3N3O5. The number of amidine groups is 1. The molecule has 1 fully saturated rings. The number of hydrogen-bond donors (Lipinski definition) is 0. The highest BCUT2D eigenvalue weighted by Crippen LogP contribution is 2.43. The van der Waals surface area contributed by atoms with E-state index < -0.39 is 11.7 Å². The third-order valence-electron chi connectivity index (χ3n) is 6.97. The average Bonchev–Trinajstić information content (AvgIpc) is 3.33. The van der Waals surface area contributed by atoms with E-state index in [0.717, 1.165) is 12.1 Å². The number of rotatable bonds is 2. The Bertz CT molecular complexity index is 1490.